The van der Waals surface area contributed by atoms with Crippen molar-refractivity contribution < 1.29 is 38.2 Å². The predicted molar refractivity (Wildman–Crippen MR) is 201 cm³/mol. The first-order valence-corrected chi connectivity index (χ1v) is 18.3. The molecule has 3 aromatic rings. The molecular weight excluding hydrogens is 686 g/mol. The van der Waals surface area contributed by atoms with Crippen LogP contribution in [0.3, 0.4) is 0 Å². The highest BCUT2D eigenvalue weighted by Gasteiger charge is 2.35. The third-order valence-electron chi connectivity index (χ3n) is 9.56. The monoisotopic (exact) mass is 731 g/mol. The fourth-order valence-corrected chi connectivity index (χ4v) is 7.27. The van der Waals surface area contributed by atoms with Crippen molar-refractivity contribution in [2.24, 2.45) is 0 Å². The van der Waals surface area contributed by atoms with Crippen LogP contribution in [0, 0.1) is 6.92 Å². The van der Waals surface area contributed by atoms with Gasteiger partial charge in [0.2, 0.25) is 5.91 Å². The first-order valence-electron chi connectivity index (χ1n) is 17.7. The van der Waals surface area contributed by atoms with Crippen molar-refractivity contribution in [2.45, 2.75) is 71.3 Å². The Morgan fingerprint density at radius 1 is 1.00 bits per heavy atom. The van der Waals surface area contributed by atoms with Crippen LogP contribution in [-0.2, 0) is 19.1 Å². The smallest absolute Gasteiger partial charge is 0.411 e. The zero-order valence-corrected chi connectivity index (χ0v) is 30.8. The number of halogens is 1. The van der Waals surface area contributed by atoms with E-state index < -0.39 is 12.1 Å². The van der Waals surface area contributed by atoms with Crippen LogP contribution in [0.5, 0.6) is 5.75 Å². The lowest BCUT2D eigenvalue weighted by Gasteiger charge is -2.26. The van der Waals surface area contributed by atoms with E-state index in [1.807, 2.05) is 37.3 Å². The maximum Gasteiger partial charge on any atom is 0.411 e. The van der Waals surface area contributed by atoms with Gasteiger partial charge in [-0.2, -0.15) is 0 Å². The Morgan fingerprint density at radius 3 is 2.48 bits per heavy atom. The molecule has 0 saturated carbocycles. The van der Waals surface area contributed by atoms with Crippen LogP contribution < -0.4 is 15.0 Å². The zero-order valence-electron chi connectivity index (χ0n) is 30.0. The van der Waals surface area contributed by atoms with Crippen molar-refractivity contribution in [1.29, 1.82) is 0 Å². The first-order chi connectivity index (χ1) is 25.0. The molecule has 0 spiro atoms. The summed E-state index contributed by atoms with van der Waals surface area (Å²) >= 11 is 6.38. The predicted octanol–water partition coefficient (Wildman–Crippen LogP) is 7.56. The molecule has 11 nitrogen and oxygen atoms in total. The van der Waals surface area contributed by atoms with Gasteiger partial charge in [-0.05, 0) is 80.0 Å². The number of rotatable bonds is 15. The molecule has 5 rings (SSSR count). The molecule has 2 atom stereocenters. The van der Waals surface area contributed by atoms with Gasteiger partial charge in [0, 0.05) is 55.5 Å². The molecule has 2 aliphatic rings. The molecular formula is C40H46ClN3O8. The number of ketones is 1. The first kappa shape index (κ1) is 38.3. The van der Waals surface area contributed by atoms with E-state index in [9.17, 15) is 24.0 Å². The van der Waals surface area contributed by atoms with Crippen LogP contribution in [-0.4, -0.2) is 79.4 Å². The Bertz CT molecular complexity index is 1860. The van der Waals surface area contributed by atoms with Crippen LogP contribution in [0.1, 0.15) is 90.1 Å². The van der Waals surface area contributed by atoms with E-state index in [0.29, 0.717) is 68.1 Å². The summed E-state index contributed by atoms with van der Waals surface area (Å²) in [6.45, 7) is 9.70. The molecule has 3 amide bonds. The minimum absolute atomic E-state index is 0.00264. The average Bonchev–Trinajstić information content (AvgIpc) is 3.76. The van der Waals surface area contributed by atoms with E-state index >= 15 is 0 Å². The lowest BCUT2D eigenvalue weighted by atomic mass is 9.92. The number of carbonyl (C=O) groups is 5. The van der Waals surface area contributed by atoms with E-state index in [1.165, 1.54) is 13.0 Å². The summed E-state index contributed by atoms with van der Waals surface area (Å²) in [5.41, 5.74) is 3.60. The van der Waals surface area contributed by atoms with Gasteiger partial charge in [-0.25, -0.2) is 4.79 Å². The van der Waals surface area contributed by atoms with Crippen LogP contribution in [0.2, 0.25) is 0 Å². The van der Waals surface area contributed by atoms with Gasteiger partial charge in [-0.15, -0.1) is 11.6 Å². The van der Waals surface area contributed by atoms with Gasteiger partial charge in [0.25, 0.3) is 5.91 Å². The highest BCUT2D eigenvalue weighted by Crippen LogP contribution is 2.43. The summed E-state index contributed by atoms with van der Waals surface area (Å²) in [4.78, 5) is 67.2. The molecule has 0 aliphatic carbocycles. The van der Waals surface area contributed by atoms with Crippen molar-refractivity contribution in [2.75, 3.05) is 49.0 Å². The Balaban J connectivity index is 1.21. The number of nitrogens with one attached hydrogen (secondary N) is 1. The molecule has 2 aliphatic heterocycles. The van der Waals surface area contributed by atoms with Crippen LogP contribution in [0.15, 0.2) is 55.1 Å². The van der Waals surface area contributed by atoms with Crippen molar-refractivity contribution in [3.8, 4) is 5.75 Å². The van der Waals surface area contributed by atoms with E-state index in [4.69, 9.17) is 25.8 Å². The van der Waals surface area contributed by atoms with Crippen molar-refractivity contribution in [1.82, 2.24) is 4.90 Å². The van der Waals surface area contributed by atoms with Crippen LogP contribution in [0.25, 0.3) is 10.8 Å². The topological polar surface area (TPSA) is 132 Å². The number of likely N-dealkylation sites (tertiary alicyclic amines) is 1. The van der Waals surface area contributed by atoms with E-state index in [2.05, 4.69) is 11.9 Å². The maximum atomic E-state index is 13.8. The maximum absolute atomic E-state index is 13.8. The number of unbranched alkanes of at least 4 members (excludes halogenated alkanes) is 2. The second kappa shape index (κ2) is 17.5. The number of anilines is 2. The SMILES string of the molecule is C=CCOC(=O)Nc1cc(OCCCCCC(=O)N2C[C@@H](CCl)c3c2cc(C(C)=O)c2ccccc32)c(C)cc1C(=O)N1CCC[C@H]1COC(C)=O. The highest BCUT2D eigenvalue weighted by molar-refractivity contribution is 6.19. The average molecular weight is 732 g/mol. The molecule has 12 heteroatoms. The molecule has 1 saturated heterocycles. The van der Waals surface area contributed by atoms with Gasteiger partial charge in [0.1, 0.15) is 19.0 Å². The lowest BCUT2D eigenvalue weighted by molar-refractivity contribution is -0.142. The standard InChI is InChI=1S/C40H46ClN3O8/c1-5-17-51-40(49)42-34-21-36(25(2)19-33(34)39(48)43-16-11-12-29(43)24-52-27(4)46)50-18-10-6-7-15-37(47)44-23-28(22-41)38-31-14-9-8-13-30(31)32(26(3)45)20-35(38)44/h5,8-9,13-14,19-21,28-29H,1,6-7,10-12,15-18,22-24H2,2-4H3,(H,42,49)/t28-,29+/m1/s1. The number of fused-ring (bicyclic) bond motifs is 3. The number of esters is 1. The molecule has 276 valence electrons. The molecule has 1 fully saturated rings. The number of ether oxygens (including phenoxy) is 3. The van der Waals surface area contributed by atoms with Gasteiger partial charge >= 0.3 is 12.1 Å². The van der Waals surface area contributed by atoms with E-state index in [-0.39, 0.29) is 54.0 Å². The Hall–Kier alpha value is -4.90. The number of amides is 3. The number of alkyl halides is 1. The van der Waals surface area contributed by atoms with Crippen LogP contribution >= 0.6 is 11.6 Å². The molecule has 2 heterocycles. The fourth-order valence-electron chi connectivity index (χ4n) is 7.02. The molecule has 0 aromatic heterocycles. The summed E-state index contributed by atoms with van der Waals surface area (Å²) in [7, 11) is 0. The normalized spacial score (nSPS) is 16.4. The second-order valence-corrected chi connectivity index (χ2v) is 13.6. The minimum atomic E-state index is -0.741. The van der Waals surface area contributed by atoms with E-state index in [1.54, 1.807) is 28.9 Å². The highest BCUT2D eigenvalue weighted by atomic mass is 35.5. The summed E-state index contributed by atoms with van der Waals surface area (Å²) in [5, 5.41) is 4.51. The van der Waals surface area contributed by atoms with Gasteiger partial charge in [0.05, 0.1) is 23.9 Å². The molecule has 0 radical (unpaired) electrons. The number of Topliss-reactive ketones (excluding diaryl/α,β-unsaturated/α-hetero) is 1. The summed E-state index contributed by atoms with van der Waals surface area (Å²) in [5.74, 6) is 0.0772. The minimum Gasteiger partial charge on any atom is -0.493 e. The number of aryl methyl sites for hydroxylation is 1. The van der Waals surface area contributed by atoms with Crippen LogP contribution in [0.4, 0.5) is 16.2 Å². The zero-order chi connectivity index (χ0) is 37.4. The number of hydrogen-bond donors (Lipinski definition) is 1. The van der Waals surface area contributed by atoms with Crippen molar-refractivity contribution in [3.05, 3.63) is 77.4 Å². The Morgan fingerprint density at radius 2 is 1.77 bits per heavy atom. The third-order valence-corrected chi connectivity index (χ3v) is 9.93. The van der Waals surface area contributed by atoms with Gasteiger partial charge in [-0.3, -0.25) is 24.5 Å². The molecule has 0 unspecified atom stereocenters. The van der Waals surface area contributed by atoms with Crippen molar-refractivity contribution in [3.63, 3.8) is 0 Å². The Kier molecular flexibility index (Phi) is 12.9. The number of nitrogens with zero attached hydrogens (tertiary/aromatic N) is 2. The molecule has 0 bridgehead atoms. The van der Waals surface area contributed by atoms with Gasteiger partial charge in [0.15, 0.2) is 5.78 Å². The second-order valence-electron chi connectivity index (χ2n) is 13.2. The molecule has 52 heavy (non-hydrogen) atoms. The van der Waals surface area contributed by atoms with Gasteiger partial charge in [-0.1, -0.05) is 36.9 Å². The van der Waals surface area contributed by atoms with Crippen molar-refractivity contribution >= 4 is 63.4 Å². The summed E-state index contributed by atoms with van der Waals surface area (Å²) < 4.78 is 16.4. The third kappa shape index (κ3) is 8.75. The lowest BCUT2D eigenvalue weighted by Crippen LogP contribution is -2.39. The summed E-state index contributed by atoms with van der Waals surface area (Å²) in [6, 6.07) is 12.7. The molecule has 1 N–H and O–H groups in total. The Labute approximate surface area is 309 Å². The fraction of sp³-hybridized carbons (Fsp3) is 0.425. The van der Waals surface area contributed by atoms with E-state index in [0.717, 1.165) is 34.9 Å². The molecule has 3 aromatic carbocycles. The van der Waals surface area contributed by atoms with Gasteiger partial charge < -0.3 is 24.0 Å². The number of benzene rings is 3. The summed E-state index contributed by atoms with van der Waals surface area (Å²) in [6.07, 6.45) is 4.55. The number of carbonyl (C=O) groups excluding carboxylic acids is 5. The quantitative estimate of drug-likeness (QED) is 0.0557. The largest absolute Gasteiger partial charge is 0.493 e. The number of hydrogen-bond acceptors (Lipinski definition) is 8.